The molecule has 4 atom stereocenters. The number of carbonyl (C=O) groups is 4. The van der Waals surface area contributed by atoms with Gasteiger partial charge in [-0.05, 0) is 66.5 Å². The van der Waals surface area contributed by atoms with Crippen LogP contribution in [0.5, 0.6) is 5.75 Å². The fourth-order valence-corrected chi connectivity index (χ4v) is 5.20. The third kappa shape index (κ3) is 10.0. The molecule has 3 aromatic rings. The maximum absolute atomic E-state index is 13.4. The highest BCUT2D eigenvalue weighted by atomic mass is 32.2. The van der Waals surface area contributed by atoms with E-state index in [4.69, 9.17) is 5.73 Å². The minimum Gasteiger partial charge on any atom is -0.508 e. The van der Waals surface area contributed by atoms with E-state index >= 15 is 0 Å². The van der Waals surface area contributed by atoms with Gasteiger partial charge in [-0.1, -0.05) is 44.2 Å². The van der Waals surface area contributed by atoms with Crippen LogP contribution in [0.3, 0.4) is 0 Å². The van der Waals surface area contributed by atoms with Crippen molar-refractivity contribution in [2.24, 2.45) is 11.7 Å². The van der Waals surface area contributed by atoms with Crippen molar-refractivity contribution in [2.45, 2.75) is 63.7 Å². The van der Waals surface area contributed by atoms with Crippen molar-refractivity contribution in [3.8, 4) is 5.75 Å². The van der Waals surface area contributed by atoms with Crippen LogP contribution in [-0.2, 0) is 32.0 Å². The number of aliphatic carboxylic acids is 1. The molecule has 3 amide bonds. The van der Waals surface area contributed by atoms with Crippen LogP contribution in [0, 0.1) is 5.92 Å². The summed E-state index contributed by atoms with van der Waals surface area (Å²) in [5, 5.41) is 28.3. The molecule has 8 N–H and O–H groups in total. The number of thioether (sulfide) groups is 1. The molecule has 12 heteroatoms. The van der Waals surface area contributed by atoms with E-state index in [2.05, 4.69) is 20.9 Å². The van der Waals surface area contributed by atoms with Gasteiger partial charge in [0.05, 0.1) is 6.04 Å². The van der Waals surface area contributed by atoms with E-state index in [0.29, 0.717) is 17.7 Å². The number of para-hydroxylation sites is 1. The third-order valence-electron chi connectivity index (χ3n) is 7.03. The molecule has 0 aliphatic heterocycles. The largest absolute Gasteiger partial charge is 0.508 e. The van der Waals surface area contributed by atoms with Crippen LogP contribution in [0.2, 0.25) is 0 Å². The molecule has 232 valence electrons. The zero-order valence-corrected chi connectivity index (χ0v) is 25.4. The number of hydrogen-bond donors (Lipinski definition) is 7. The maximum atomic E-state index is 13.4. The first kappa shape index (κ1) is 33.5. The first-order chi connectivity index (χ1) is 20.5. The molecule has 0 saturated carbocycles. The Bertz CT molecular complexity index is 1390. The predicted octanol–water partition coefficient (Wildman–Crippen LogP) is 2.32. The number of nitrogens with two attached hydrogens (primary N) is 1. The lowest BCUT2D eigenvalue weighted by atomic mass is 10.0. The van der Waals surface area contributed by atoms with Gasteiger partial charge in [0.2, 0.25) is 17.7 Å². The van der Waals surface area contributed by atoms with E-state index in [9.17, 15) is 29.4 Å². The Morgan fingerprint density at radius 1 is 0.884 bits per heavy atom. The van der Waals surface area contributed by atoms with Crippen molar-refractivity contribution in [2.75, 3.05) is 12.0 Å². The number of aromatic hydroxyl groups is 1. The number of amides is 3. The molecular weight excluding hydrogens is 570 g/mol. The molecule has 11 nitrogen and oxygen atoms in total. The normalized spacial score (nSPS) is 14.1. The summed E-state index contributed by atoms with van der Waals surface area (Å²) < 4.78 is 0. The molecule has 0 spiro atoms. The first-order valence-electron chi connectivity index (χ1n) is 14.2. The van der Waals surface area contributed by atoms with Crippen molar-refractivity contribution >= 4 is 46.4 Å². The van der Waals surface area contributed by atoms with Gasteiger partial charge in [-0.15, -0.1) is 0 Å². The summed E-state index contributed by atoms with van der Waals surface area (Å²) in [5.41, 5.74) is 8.68. The van der Waals surface area contributed by atoms with E-state index in [-0.39, 0.29) is 30.9 Å². The average Bonchev–Trinajstić information content (AvgIpc) is 3.37. The number of aromatic nitrogens is 1. The number of H-pyrrole nitrogens is 1. The topological polar surface area (TPSA) is 187 Å². The van der Waals surface area contributed by atoms with Gasteiger partial charge in [0, 0.05) is 23.5 Å². The number of phenolic OH excluding ortho intramolecular Hbond substituents is 1. The lowest BCUT2D eigenvalue weighted by Gasteiger charge is -2.26. The summed E-state index contributed by atoms with van der Waals surface area (Å²) >= 11 is 1.51. The number of rotatable bonds is 16. The van der Waals surface area contributed by atoms with Crippen molar-refractivity contribution in [1.82, 2.24) is 20.9 Å². The zero-order chi connectivity index (χ0) is 31.5. The number of aromatic amines is 1. The minimum atomic E-state index is -1.25. The third-order valence-corrected chi connectivity index (χ3v) is 7.67. The van der Waals surface area contributed by atoms with Gasteiger partial charge in [0.25, 0.3) is 0 Å². The van der Waals surface area contributed by atoms with Gasteiger partial charge < -0.3 is 36.9 Å². The number of phenols is 1. The van der Waals surface area contributed by atoms with Gasteiger partial charge in [-0.25, -0.2) is 4.79 Å². The summed E-state index contributed by atoms with van der Waals surface area (Å²) in [6.45, 7) is 3.77. The van der Waals surface area contributed by atoms with Crippen LogP contribution < -0.4 is 21.7 Å². The fourth-order valence-electron chi connectivity index (χ4n) is 4.73. The standard InChI is InChI=1S/C31H41N5O6S/c1-18(2)14-26(30(40)36-27(31(41)42)15-19-8-10-21(37)11-9-19)35-29(39)25(12-13-43-3)34-28(38)23(32)16-20-17-33-24-7-5-4-6-22(20)24/h4-11,17-18,23,25-27,33,37H,12-16,32H2,1-3H3,(H,34,38)(H,35,39)(H,36,40)(H,41,42). The molecule has 1 aromatic heterocycles. The Hall–Kier alpha value is -4.03. The van der Waals surface area contributed by atoms with Gasteiger partial charge in [0.1, 0.15) is 23.9 Å². The quantitative estimate of drug-likeness (QED) is 0.129. The van der Waals surface area contributed by atoms with Gasteiger partial charge in [0.15, 0.2) is 0 Å². The second kappa shape index (κ2) is 16.0. The van der Waals surface area contributed by atoms with Gasteiger partial charge in [-0.2, -0.15) is 11.8 Å². The summed E-state index contributed by atoms with van der Waals surface area (Å²) in [6, 6.07) is 9.60. The Balaban J connectivity index is 1.69. The lowest BCUT2D eigenvalue weighted by molar-refractivity contribution is -0.142. The van der Waals surface area contributed by atoms with Crippen LogP contribution in [0.25, 0.3) is 10.9 Å². The van der Waals surface area contributed by atoms with E-state index in [1.54, 1.807) is 12.1 Å². The number of fused-ring (bicyclic) bond motifs is 1. The van der Waals surface area contributed by atoms with Crippen LogP contribution in [0.15, 0.2) is 54.7 Å². The number of carboxylic acids is 1. The molecule has 43 heavy (non-hydrogen) atoms. The number of carbonyl (C=O) groups excluding carboxylic acids is 3. The molecule has 2 aromatic carbocycles. The zero-order valence-electron chi connectivity index (χ0n) is 24.6. The summed E-state index contributed by atoms with van der Waals surface area (Å²) in [5.74, 6) is -2.29. The fraction of sp³-hybridized carbons (Fsp3) is 0.419. The minimum absolute atomic E-state index is 0.000242. The highest BCUT2D eigenvalue weighted by Crippen LogP contribution is 2.19. The monoisotopic (exact) mass is 611 g/mol. The second-order valence-corrected chi connectivity index (χ2v) is 12.0. The van der Waals surface area contributed by atoms with Crippen LogP contribution in [-0.4, -0.2) is 75.1 Å². The number of carboxylic acid groups (broad SMARTS) is 1. The van der Waals surface area contributed by atoms with E-state index < -0.39 is 47.9 Å². The smallest absolute Gasteiger partial charge is 0.326 e. The Labute approximate surface area is 255 Å². The van der Waals surface area contributed by atoms with Crippen LogP contribution in [0.4, 0.5) is 0 Å². The molecular formula is C31H41N5O6S. The van der Waals surface area contributed by atoms with Crippen molar-refractivity contribution in [3.63, 3.8) is 0 Å². The molecule has 0 radical (unpaired) electrons. The molecule has 4 unspecified atom stereocenters. The molecule has 0 fully saturated rings. The van der Waals surface area contributed by atoms with E-state index in [0.717, 1.165) is 16.5 Å². The average molecular weight is 612 g/mol. The molecule has 1 heterocycles. The molecule has 0 saturated heterocycles. The predicted molar refractivity (Wildman–Crippen MR) is 168 cm³/mol. The Kier molecular flexibility index (Phi) is 12.4. The van der Waals surface area contributed by atoms with Gasteiger partial charge in [-0.3, -0.25) is 14.4 Å². The van der Waals surface area contributed by atoms with Crippen molar-refractivity contribution in [1.29, 1.82) is 0 Å². The second-order valence-electron chi connectivity index (χ2n) is 11.0. The van der Waals surface area contributed by atoms with E-state index in [1.807, 2.05) is 50.6 Å². The SMILES string of the molecule is CSCCC(NC(=O)C(N)Cc1c[nH]c2ccccc12)C(=O)NC(CC(C)C)C(=O)NC(Cc1ccc(O)cc1)C(=O)O. The van der Waals surface area contributed by atoms with Crippen LogP contribution in [0.1, 0.15) is 37.8 Å². The number of nitrogens with one attached hydrogen (secondary N) is 4. The molecule has 0 aliphatic rings. The molecule has 0 aliphatic carbocycles. The highest BCUT2D eigenvalue weighted by Gasteiger charge is 2.31. The molecule has 0 bridgehead atoms. The highest BCUT2D eigenvalue weighted by molar-refractivity contribution is 7.98. The Morgan fingerprint density at radius 2 is 1.51 bits per heavy atom. The van der Waals surface area contributed by atoms with Crippen molar-refractivity contribution in [3.05, 3.63) is 65.9 Å². The molecule has 3 rings (SSSR count). The summed E-state index contributed by atoms with van der Waals surface area (Å²) in [4.78, 5) is 54.9. The van der Waals surface area contributed by atoms with E-state index in [1.165, 1.54) is 23.9 Å². The number of hydrogen-bond acceptors (Lipinski definition) is 7. The first-order valence-corrected chi connectivity index (χ1v) is 15.6. The lowest BCUT2D eigenvalue weighted by Crippen LogP contribution is -2.57. The Morgan fingerprint density at radius 3 is 2.16 bits per heavy atom. The summed E-state index contributed by atoms with van der Waals surface area (Å²) in [6.07, 6.45) is 4.53. The van der Waals surface area contributed by atoms with Crippen molar-refractivity contribution < 1.29 is 29.4 Å². The van der Waals surface area contributed by atoms with Crippen LogP contribution >= 0.6 is 11.8 Å². The van der Waals surface area contributed by atoms with Gasteiger partial charge >= 0.3 is 5.97 Å². The number of benzene rings is 2. The summed E-state index contributed by atoms with van der Waals surface area (Å²) in [7, 11) is 0. The maximum Gasteiger partial charge on any atom is 0.326 e.